The maximum absolute atomic E-state index is 13.6. The second-order valence-corrected chi connectivity index (χ2v) is 4.41. The Morgan fingerprint density at radius 1 is 1.37 bits per heavy atom. The molecule has 1 aromatic carbocycles. The number of aliphatic hydroxyl groups is 1. The zero-order valence-corrected chi connectivity index (χ0v) is 10.9. The number of hydrogen-bond acceptors (Lipinski definition) is 3. The molecular formula is C15H16FNO2. The summed E-state index contributed by atoms with van der Waals surface area (Å²) in [5.41, 5.74) is 1.95. The van der Waals surface area contributed by atoms with Crippen molar-refractivity contribution in [3.63, 3.8) is 0 Å². The van der Waals surface area contributed by atoms with Crippen LogP contribution < -0.4 is 4.74 Å². The summed E-state index contributed by atoms with van der Waals surface area (Å²) in [5.74, 6) is 0.183. The van der Waals surface area contributed by atoms with Gasteiger partial charge >= 0.3 is 0 Å². The molecule has 4 heteroatoms. The number of aliphatic hydroxyl groups excluding tert-OH is 1. The highest BCUT2D eigenvalue weighted by Gasteiger charge is 2.16. The highest BCUT2D eigenvalue weighted by molar-refractivity contribution is 5.37. The maximum Gasteiger partial charge on any atom is 0.147 e. The Morgan fingerprint density at radius 3 is 2.84 bits per heavy atom. The molecule has 0 saturated carbocycles. The zero-order chi connectivity index (χ0) is 13.8. The minimum Gasteiger partial charge on any atom is -0.496 e. The topological polar surface area (TPSA) is 42.4 Å². The Kier molecular flexibility index (Phi) is 4.12. The zero-order valence-electron chi connectivity index (χ0n) is 10.9. The molecule has 0 spiro atoms. The van der Waals surface area contributed by atoms with Crippen molar-refractivity contribution in [2.45, 2.75) is 19.4 Å². The number of methoxy groups -OCH3 is 1. The first-order valence-electron chi connectivity index (χ1n) is 6.04. The predicted octanol–water partition coefficient (Wildman–Crippen LogP) is 2.81. The van der Waals surface area contributed by atoms with Gasteiger partial charge in [0.25, 0.3) is 0 Å². The van der Waals surface area contributed by atoms with E-state index in [0.717, 1.165) is 11.1 Å². The number of halogens is 1. The van der Waals surface area contributed by atoms with E-state index in [1.807, 2.05) is 25.1 Å². The van der Waals surface area contributed by atoms with Crippen LogP contribution in [0.25, 0.3) is 0 Å². The van der Waals surface area contributed by atoms with Gasteiger partial charge < -0.3 is 9.84 Å². The van der Waals surface area contributed by atoms with Crippen molar-refractivity contribution in [2.75, 3.05) is 7.11 Å². The third-order valence-corrected chi connectivity index (χ3v) is 2.95. The molecule has 0 fully saturated rings. The number of rotatable bonds is 4. The molecule has 0 bridgehead atoms. The van der Waals surface area contributed by atoms with E-state index in [-0.39, 0.29) is 12.1 Å². The van der Waals surface area contributed by atoms with Gasteiger partial charge in [-0.3, -0.25) is 4.98 Å². The summed E-state index contributed by atoms with van der Waals surface area (Å²) in [5, 5.41) is 10.1. The Morgan fingerprint density at radius 2 is 2.16 bits per heavy atom. The van der Waals surface area contributed by atoms with E-state index in [4.69, 9.17) is 4.74 Å². The standard InChI is InChI=1S/C15H16FNO2/c1-10-5-6-14(19-2)11(8-10)9-13(18)15-12(16)4-3-7-17-15/h3-8,13,18H,9H2,1-2H3. The van der Waals surface area contributed by atoms with Gasteiger partial charge in [-0.1, -0.05) is 17.7 Å². The van der Waals surface area contributed by atoms with Gasteiger partial charge in [-0.15, -0.1) is 0 Å². The van der Waals surface area contributed by atoms with Gasteiger partial charge in [0.1, 0.15) is 23.4 Å². The van der Waals surface area contributed by atoms with Crippen LogP contribution >= 0.6 is 0 Å². The van der Waals surface area contributed by atoms with E-state index in [0.29, 0.717) is 5.75 Å². The SMILES string of the molecule is COc1ccc(C)cc1CC(O)c1ncccc1F. The number of ether oxygens (including phenoxy) is 1. The van der Waals surface area contributed by atoms with E-state index in [2.05, 4.69) is 4.98 Å². The van der Waals surface area contributed by atoms with Crippen molar-refractivity contribution in [1.82, 2.24) is 4.98 Å². The largest absolute Gasteiger partial charge is 0.496 e. The summed E-state index contributed by atoms with van der Waals surface area (Å²) < 4.78 is 18.8. The molecule has 0 amide bonds. The van der Waals surface area contributed by atoms with Crippen molar-refractivity contribution in [1.29, 1.82) is 0 Å². The summed E-state index contributed by atoms with van der Waals surface area (Å²) in [6.45, 7) is 1.96. The fourth-order valence-electron chi connectivity index (χ4n) is 2.01. The summed E-state index contributed by atoms with van der Waals surface area (Å²) >= 11 is 0. The Hall–Kier alpha value is -1.94. The van der Waals surface area contributed by atoms with Crippen LogP contribution in [-0.2, 0) is 6.42 Å². The molecule has 1 N–H and O–H groups in total. The van der Waals surface area contributed by atoms with Crippen LogP contribution in [0.15, 0.2) is 36.5 Å². The van der Waals surface area contributed by atoms with Gasteiger partial charge in [0, 0.05) is 12.6 Å². The number of hydrogen-bond donors (Lipinski definition) is 1. The maximum atomic E-state index is 13.6. The van der Waals surface area contributed by atoms with Crippen LogP contribution in [0.2, 0.25) is 0 Å². The first-order chi connectivity index (χ1) is 9.11. The Bertz CT molecular complexity index is 572. The molecule has 0 saturated heterocycles. The van der Waals surface area contributed by atoms with Crippen LogP contribution in [0.1, 0.15) is 22.9 Å². The minimum atomic E-state index is -0.989. The number of nitrogens with zero attached hydrogens (tertiary/aromatic N) is 1. The van der Waals surface area contributed by atoms with Crippen LogP contribution in [0.3, 0.4) is 0 Å². The second kappa shape index (κ2) is 5.80. The third-order valence-electron chi connectivity index (χ3n) is 2.95. The molecule has 2 rings (SSSR count). The smallest absolute Gasteiger partial charge is 0.147 e. The van der Waals surface area contributed by atoms with Gasteiger partial charge in [0.15, 0.2) is 0 Å². The van der Waals surface area contributed by atoms with Crippen molar-refractivity contribution in [2.24, 2.45) is 0 Å². The van der Waals surface area contributed by atoms with Crippen molar-refractivity contribution >= 4 is 0 Å². The molecule has 0 aliphatic carbocycles. The van der Waals surface area contributed by atoms with Crippen LogP contribution in [0.5, 0.6) is 5.75 Å². The summed E-state index contributed by atoms with van der Waals surface area (Å²) in [4.78, 5) is 3.89. The predicted molar refractivity (Wildman–Crippen MR) is 70.6 cm³/mol. The number of aryl methyl sites for hydroxylation is 1. The van der Waals surface area contributed by atoms with Gasteiger partial charge in [-0.2, -0.15) is 0 Å². The molecule has 0 aliphatic heterocycles. The molecule has 0 radical (unpaired) electrons. The molecule has 1 heterocycles. The van der Waals surface area contributed by atoms with Crippen molar-refractivity contribution in [3.05, 3.63) is 59.2 Å². The van der Waals surface area contributed by atoms with Gasteiger partial charge in [-0.05, 0) is 30.7 Å². The number of aromatic nitrogens is 1. The summed E-state index contributed by atoms with van der Waals surface area (Å²) in [7, 11) is 1.57. The fraction of sp³-hybridized carbons (Fsp3) is 0.267. The lowest BCUT2D eigenvalue weighted by Gasteiger charge is -2.14. The van der Waals surface area contributed by atoms with Crippen molar-refractivity contribution < 1.29 is 14.2 Å². The van der Waals surface area contributed by atoms with Gasteiger partial charge in [-0.25, -0.2) is 4.39 Å². The lowest BCUT2D eigenvalue weighted by molar-refractivity contribution is 0.167. The van der Waals surface area contributed by atoms with E-state index < -0.39 is 11.9 Å². The van der Waals surface area contributed by atoms with E-state index in [1.165, 1.54) is 18.3 Å². The van der Waals surface area contributed by atoms with E-state index in [9.17, 15) is 9.50 Å². The fourth-order valence-corrected chi connectivity index (χ4v) is 2.01. The van der Waals surface area contributed by atoms with Crippen molar-refractivity contribution in [3.8, 4) is 5.75 Å². The molecule has 1 unspecified atom stereocenters. The van der Waals surface area contributed by atoms with Crippen LogP contribution in [-0.4, -0.2) is 17.2 Å². The normalized spacial score (nSPS) is 12.2. The average Bonchev–Trinajstić information content (AvgIpc) is 2.39. The summed E-state index contributed by atoms with van der Waals surface area (Å²) in [6.07, 6.45) is 0.741. The highest BCUT2D eigenvalue weighted by Crippen LogP contribution is 2.26. The number of pyridine rings is 1. The monoisotopic (exact) mass is 261 g/mol. The molecule has 2 aromatic rings. The van der Waals surface area contributed by atoms with E-state index >= 15 is 0 Å². The van der Waals surface area contributed by atoms with E-state index in [1.54, 1.807) is 7.11 Å². The van der Waals surface area contributed by atoms with Gasteiger partial charge in [0.05, 0.1) is 7.11 Å². The molecule has 19 heavy (non-hydrogen) atoms. The average molecular weight is 261 g/mol. The van der Waals surface area contributed by atoms with Crippen LogP contribution in [0, 0.1) is 12.7 Å². The Labute approximate surface area is 111 Å². The lowest BCUT2D eigenvalue weighted by atomic mass is 10.0. The molecule has 0 aliphatic rings. The highest BCUT2D eigenvalue weighted by atomic mass is 19.1. The first-order valence-corrected chi connectivity index (χ1v) is 6.04. The lowest BCUT2D eigenvalue weighted by Crippen LogP contribution is -2.07. The molecule has 1 aromatic heterocycles. The van der Waals surface area contributed by atoms with Gasteiger partial charge in [0.2, 0.25) is 0 Å². The first kappa shape index (κ1) is 13.5. The van der Waals surface area contributed by atoms with Crippen LogP contribution in [0.4, 0.5) is 4.39 Å². The third kappa shape index (κ3) is 3.09. The number of benzene rings is 1. The minimum absolute atomic E-state index is 0.0612. The quantitative estimate of drug-likeness (QED) is 0.920. The second-order valence-electron chi connectivity index (χ2n) is 4.41. The summed E-state index contributed by atoms with van der Waals surface area (Å²) in [6, 6.07) is 8.48. The molecular weight excluding hydrogens is 245 g/mol. The molecule has 100 valence electrons. The Balaban J connectivity index is 2.26. The molecule has 3 nitrogen and oxygen atoms in total. The molecule has 1 atom stereocenters.